The van der Waals surface area contributed by atoms with E-state index in [-0.39, 0.29) is 12.2 Å². The van der Waals surface area contributed by atoms with Gasteiger partial charge in [0, 0.05) is 21.0 Å². The average molecular weight is 399 g/mol. The molecule has 0 saturated carbocycles. The fourth-order valence-electron chi connectivity index (χ4n) is 3.52. The van der Waals surface area contributed by atoms with Gasteiger partial charge in [0.25, 0.3) is 5.56 Å². The Balaban J connectivity index is 1.83. The summed E-state index contributed by atoms with van der Waals surface area (Å²) in [6.45, 7) is 0.274. The summed E-state index contributed by atoms with van der Waals surface area (Å²) in [6.07, 6.45) is -1.43. The zero-order valence-electron chi connectivity index (χ0n) is 12.8. The minimum Gasteiger partial charge on any atom is -0.458 e. The van der Waals surface area contributed by atoms with Gasteiger partial charge < -0.3 is 14.4 Å². The number of halogens is 1. The molecule has 2 aliphatic heterocycles. The van der Waals surface area contributed by atoms with Gasteiger partial charge in [0.15, 0.2) is 6.10 Å². The highest BCUT2D eigenvalue weighted by molar-refractivity contribution is 9.10. The Morgan fingerprint density at radius 3 is 2.88 bits per heavy atom. The number of hydrogen-bond acceptors (Lipinski definition) is 5. The molecule has 7 heteroatoms. The van der Waals surface area contributed by atoms with Crippen LogP contribution in [0.4, 0.5) is 0 Å². The standard InChI is InChI=1S/C18H11BrN2O4/c19-14-8-3-1-2-4-12(8)20-15-10(14)6-21-13(15)5-9-11(17(21)23)7-25-18(24)16(9)22/h1-5,16,22H,6-7H2. The number of carbonyl (C=O) groups is 1. The molecule has 0 radical (unpaired) electrons. The first-order valence-corrected chi connectivity index (χ1v) is 8.54. The summed E-state index contributed by atoms with van der Waals surface area (Å²) >= 11 is 3.64. The van der Waals surface area contributed by atoms with Crippen LogP contribution in [0, 0.1) is 0 Å². The summed E-state index contributed by atoms with van der Waals surface area (Å²) in [4.78, 5) is 29.2. The topological polar surface area (TPSA) is 81.4 Å². The lowest BCUT2D eigenvalue weighted by molar-refractivity contribution is -0.157. The summed E-state index contributed by atoms with van der Waals surface area (Å²) in [5.74, 6) is -0.734. The molecule has 1 N–H and O–H groups in total. The van der Waals surface area contributed by atoms with E-state index in [4.69, 9.17) is 9.72 Å². The smallest absolute Gasteiger partial charge is 0.340 e. The van der Waals surface area contributed by atoms with Gasteiger partial charge in [-0.2, -0.15) is 0 Å². The molecule has 2 aromatic heterocycles. The average Bonchev–Trinajstić information content (AvgIpc) is 2.98. The first kappa shape index (κ1) is 14.8. The van der Waals surface area contributed by atoms with Crippen LogP contribution < -0.4 is 5.56 Å². The van der Waals surface area contributed by atoms with Crippen LogP contribution in [-0.4, -0.2) is 20.6 Å². The van der Waals surface area contributed by atoms with Gasteiger partial charge in [-0.1, -0.05) is 18.2 Å². The van der Waals surface area contributed by atoms with Crippen LogP contribution >= 0.6 is 15.9 Å². The summed E-state index contributed by atoms with van der Waals surface area (Å²) in [6, 6.07) is 9.41. The van der Waals surface area contributed by atoms with E-state index in [1.54, 1.807) is 10.6 Å². The van der Waals surface area contributed by atoms with Crippen molar-refractivity contribution in [2.75, 3.05) is 0 Å². The molecule has 0 aliphatic carbocycles. The highest BCUT2D eigenvalue weighted by Crippen LogP contribution is 2.39. The van der Waals surface area contributed by atoms with E-state index in [2.05, 4.69) is 15.9 Å². The number of pyridine rings is 2. The number of ether oxygens (including phenoxy) is 1. The van der Waals surface area contributed by atoms with Crippen LogP contribution in [0.2, 0.25) is 0 Å². The Morgan fingerprint density at radius 1 is 1.24 bits per heavy atom. The molecular weight excluding hydrogens is 388 g/mol. The molecule has 4 heterocycles. The zero-order chi connectivity index (χ0) is 17.3. The first-order chi connectivity index (χ1) is 12.1. The molecule has 0 bridgehead atoms. The molecule has 124 valence electrons. The number of para-hydroxylation sites is 1. The van der Waals surface area contributed by atoms with E-state index in [9.17, 15) is 14.7 Å². The van der Waals surface area contributed by atoms with E-state index >= 15 is 0 Å². The third-order valence-electron chi connectivity index (χ3n) is 4.79. The van der Waals surface area contributed by atoms with Crippen LogP contribution in [0.3, 0.4) is 0 Å². The number of carbonyl (C=O) groups excluding carboxylic acids is 1. The normalized spacial score (nSPS) is 17.8. The van der Waals surface area contributed by atoms with Crippen LogP contribution in [0.5, 0.6) is 0 Å². The lowest BCUT2D eigenvalue weighted by Gasteiger charge is -2.21. The Morgan fingerprint density at radius 2 is 2.04 bits per heavy atom. The monoisotopic (exact) mass is 398 g/mol. The summed E-state index contributed by atoms with van der Waals surface area (Å²) in [5.41, 5.74) is 3.41. The predicted octanol–water partition coefficient (Wildman–Crippen LogP) is 2.28. The first-order valence-electron chi connectivity index (χ1n) is 7.75. The Hall–Kier alpha value is -2.51. The molecule has 0 fully saturated rings. The van der Waals surface area contributed by atoms with Crippen molar-refractivity contribution in [3.63, 3.8) is 0 Å². The van der Waals surface area contributed by atoms with Crippen molar-refractivity contribution >= 4 is 32.8 Å². The van der Waals surface area contributed by atoms with Gasteiger partial charge in [-0.3, -0.25) is 4.79 Å². The quantitative estimate of drug-likeness (QED) is 0.459. The molecule has 0 saturated heterocycles. The van der Waals surface area contributed by atoms with Gasteiger partial charge in [-0.05, 0) is 28.1 Å². The molecule has 1 unspecified atom stereocenters. The number of hydrogen-bond donors (Lipinski definition) is 1. The molecule has 1 atom stereocenters. The Labute approximate surface area is 149 Å². The summed E-state index contributed by atoms with van der Waals surface area (Å²) in [7, 11) is 0. The van der Waals surface area contributed by atoms with Crippen molar-refractivity contribution in [1.82, 2.24) is 9.55 Å². The van der Waals surface area contributed by atoms with Crippen LogP contribution in [-0.2, 0) is 22.7 Å². The summed E-state index contributed by atoms with van der Waals surface area (Å²) < 4.78 is 7.42. The van der Waals surface area contributed by atoms with Crippen molar-refractivity contribution in [2.45, 2.75) is 19.3 Å². The number of aliphatic hydroxyl groups is 1. The molecule has 1 aromatic carbocycles. The minimum atomic E-state index is -1.43. The number of esters is 1. The van der Waals surface area contributed by atoms with E-state index in [1.807, 2.05) is 24.3 Å². The molecule has 25 heavy (non-hydrogen) atoms. The molecule has 0 amide bonds. The maximum absolute atomic E-state index is 12.8. The third kappa shape index (κ3) is 1.90. The number of benzene rings is 1. The largest absolute Gasteiger partial charge is 0.458 e. The number of cyclic esters (lactones) is 1. The van der Waals surface area contributed by atoms with E-state index in [0.29, 0.717) is 29.1 Å². The highest BCUT2D eigenvalue weighted by atomic mass is 79.9. The lowest BCUT2D eigenvalue weighted by atomic mass is 10.0. The van der Waals surface area contributed by atoms with Crippen molar-refractivity contribution in [3.05, 3.63) is 61.8 Å². The van der Waals surface area contributed by atoms with Crippen LogP contribution in [0.1, 0.15) is 22.8 Å². The Kier molecular flexibility index (Phi) is 2.96. The van der Waals surface area contributed by atoms with Gasteiger partial charge >= 0.3 is 5.97 Å². The molecule has 5 rings (SSSR count). The van der Waals surface area contributed by atoms with Gasteiger partial charge in [0.2, 0.25) is 0 Å². The predicted molar refractivity (Wildman–Crippen MR) is 93.0 cm³/mol. The molecule has 0 spiro atoms. The van der Waals surface area contributed by atoms with E-state index in [1.165, 1.54) is 0 Å². The van der Waals surface area contributed by atoms with Crippen molar-refractivity contribution in [1.29, 1.82) is 0 Å². The Bertz CT molecular complexity index is 1150. The molecular formula is C18H11BrN2O4. The maximum atomic E-state index is 12.8. The third-order valence-corrected chi connectivity index (χ3v) is 5.70. The van der Waals surface area contributed by atoms with Gasteiger partial charge in [-0.15, -0.1) is 0 Å². The second-order valence-corrected chi connectivity index (χ2v) is 6.93. The number of rotatable bonds is 0. The van der Waals surface area contributed by atoms with Crippen LogP contribution in [0.15, 0.2) is 39.6 Å². The fourth-order valence-corrected chi connectivity index (χ4v) is 4.17. The fraction of sp³-hybridized carbons (Fsp3) is 0.167. The molecule has 6 nitrogen and oxygen atoms in total. The zero-order valence-corrected chi connectivity index (χ0v) is 14.4. The molecule has 2 aliphatic rings. The van der Waals surface area contributed by atoms with Gasteiger partial charge in [0.05, 0.1) is 29.0 Å². The lowest BCUT2D eigenvalue weighted by Crippen LogP contribution is -2.32. The van der Waals surface area contributed by atoms with Gasteiger partial charge in [0.1, 0.15) is 6.61 Å². The SMILES string of the molecule is O=C1OCc2c(cc3n(c2=O)Cc2c-3nc3ccccc3c2Br)C1O. The molecule has 3 aromatic rings. The van der Waals surface area contributed by atoms with E-state index < -0.39 is 12.1 Å². The number of aliphatic hydroxyl groups excluding tert-OH is 1. The second kappa shape index (κ2) is 5.00. The minimum absolute atomic E-state index is 0.114. The number of fused-ring (bicyclic) bond motifs is 5. The number of aromatic nitrogens is 2. The van der Waals surface area contributed by atoms with Crippen molar-refractivity contribution in [2.24, 2.45) is 0 Å². The summed E-state index contributed by atoms with van der Waals surface area (Å²) in [5, 5.41) is 11.1. The van der Waals surface area contributed by atoms with E-state index in [0.717, 1.165) is 20.9 Å². The second-order valence-electron chi connectivity index (χ2n) is 6.14. The van der Waals surface area contributed by atoms with Crippen LogP contribution in [0.25, 0.3) is 22.3 Å². The van der Waals surface area contributed by atoms with Gasteiger partial charge in [-0.25, -0.2) is 9.78 Å². The number of nitrogens with zero attached hydrogens (tertiary/aromatic N) is 2. The van der Waals surface area contributed by atoms with Crippen molar-refractivity contribution in [3.8, 4) is 11.4 Å². The van der Waals surface area contributed by atoms with Crippen molar-refractivity contribution < 1.29 is 14.6 Å². The highest BCUT2D eigenvalue weighted by Gasteiger charge is 2.34. The maximum Gasteiger partial charge on any atom is 0.340 e.